The number of Topliss-reactive ketones (excluding diaryl/α,β-unsaturated/α-hetero) is 1. The normalized spacial score (nSPS) is 15.3. The lowest BCUT2D eigenvalue weighted by Crippen LogP contribution is -2.48. The lowest BCUT2D eigenvalue weighted by Gasteiger charge is -2.33. The van der Waals surface area contributed by atoms with Crippen LogP contribution in [0.25, 0.3) is 0 Å². The minimum Gasteiger partial charge on any atom is -0.297 e. The Morgan fingerprint density at radius 1 is 1.53 bits per heavy atom. The SMILES string of the molecule is CCC(C)(C(=O)c1cscc1Br)N(C)C. The molecule has 1 unspecified atom stereocenters. The van der Waals surface area contributed by atoms with E-state index in [9.17, 15) is 4.79 Å². The first-order valence-corrected chi connectivity index (χ1v) is 6.61. The van der Waals surface area contributed by atoms with Crippen LogP contribution in [-0.4, -0.2) is 30.3 Å². The standard InChI is InChI=1S/C11H16BrNOS/c1-5-11(2,13(3)4)10(14)8-6-15-7-9(8)12/h6-7H,5H2,1-4H3. The van der Waals surface area contributed by atoms with E-state index < -0.39 is 5.54 Å². The van der Waals surface area contributed by atoms with Crippen molar-refractivity contribution >= 4 is 33.0 Å². The second kappa shape index (κ2) is 4.76. The van der Waals surface area contributed by atoms with Crippen molar-refractivity contribution in [3.8, 4) is 0 Å². The van der Waals surface area contributed by atoms with Crippen LogP contribution in [0.5, 0.6) is 0 Å². The Morgan fingerprint density at radius 3 is 2.47 bits per heavy atom. The molecule has 84 valence electrons. The van der Waals surface area contributed by atoms with Crippen molar-refractivity contribution in [1.82, 2.24) is 4.90 Å². The van der Waals surface area contributed by atoms with Crippen LogP contribution < -0.4 is 0 Å². The lowest BCUT2D eigenvalue weighted by atomic mass is 9.89. The van der Waals surface area contributed by atoms with Crippen molar-refractivity contribution in [2.24, 2.45) is 0 Å². The minimum absolute atomic E-state index is 0.183. The second-order valence-corrected chi connectivity index (χ2v) is 5.58. The highest BCUT2D eigenvalue weighted by Crippen LogP contribution is 2.29. The summed E-state index contributed by atoms with van der Waals surface area (Å²) >= 11 is 4.96. The van der Waals surface area contributed by atoms with Crippen LogP contribution in [0.3, 0.4) is 0 Å². The van der Waals surface area contributed by atoms with Crippen LogP contribution in [0.4, 0.5) is 0 Å². The van der Waals surface area contributed by atoms with Crippen molar-refractivity contribution in [2.75, 3.05) is 14.1 Å². The van der Waals surface area contributed by atoms with Gasteiger partial charge in [0, 0.05) is 20.8 Å². The van der Waals surface area contributed by atoms with Crippen LogP contribution in [0.1, 0.15) is 30.6 Å². The van der Waals surface area contributed by atoms with Crippen molar-refractivity contribution < 1.29 is 4.79 Å². The van der Waals surface area contributed by atoms with E-state index in [4.69, 9.17) is 0 Å². The summed E-state index contributed by atoms with van der Waals surface area (Å²) in [5.41, 5.74) is 0.377. The Kier molecular flexibility index (Phi) is 4.09. The fraction of sp³-hybridized carbons (Fsp3) is 0.545. The van der Waals surface area contributed by atoms with E-state index >= 15 is 0 Å². The van der Waals surface area contributed by atoms with Gasteiger partial charge in [-0.3, -0.25) is 9.69 Å². The average Bonchev–Trinajstić information content (AvgIpc) is 2.61. The van der Waals surface area contributed by atoms with E-state index in [2.05, 4.69) is 15.9 Å². The van der Waals surface area contributed by atoms with Crippen LogP contribution in [0.15, 0.2) is 15.2 Å². The maximum atomic E-state index is 12.4. The molecule has 0 N–H and O–H groups in total. The predicted molar refractivity (Wildman–Crippen MR) is 68.7 cm³/mol. The molecule has 0 aliphatic rings. The highest BCUT2D eigenvalue weighted by Gasteiger charge is 2.35. The van der Waals surface area contributed by atoms with Crippen LogP contribution in [0, 0.1) is 0 Å². The van der Waals surface area contributed by atoms with Gasteiger partial charge in [0.25, 0.3) is 0 Å². The Morgan fingerprint density at radius 2 is 2.13 bits per heavy atom. The third kappa shape index (κ3) is 2.32. The van der Waals surface area contributed by atoms with E-state index in [1.165, 1.54) is 0 Å². The number of carbonyl (C=O) groups excluding carboxylic acids is 1. The molecule has 1 rings (SSSR count). The maximum absolute atomic E-state index is 12.4. The van der Waals surface area contributed by atoms with Crippen molar-refractivity contribution in [3.63, 3.8) is 0 Å². The number of hydrogen-bond acceptors (Lipinski definition) is 3. The smallest absolute Gasteiger partial charge is 0.184 e. The molecule has 1 heterocycles. The van der Waals surface area contributed by atoms with Gasteiger partial charge in [0.15, 0.2) is 5.78 Å². The van der Waals surface area contributed by atoms with E-state index in [0.29, 0.717) is 0 Å². The van der Waals surface area contributed by atoms with E-state index in [1.807, 2.05) is 43.6 Å². The molecule has 1 atom stereocenters. The predicted octanol–water partition coefficient (Wildman–Crippen LogP) is 3.42. The van der Waals surface area contributed by atoms with Gasteiger partial charge in [-0.1, -0.05) is 6.92 Å². The molecule has 2 nitrogen and oxygen atoms in total. The summed E-state index contributed by atoms with van der Waals surface area (Å²) in [4.78, 5) is 14.3. The summed E-state index contributed by atoms with van der Waals surface area (Å²) in [6, 6.07) is 0. The van der Waals surface area contributed by atoms with Crippen LogP contribution in [0.2, 0.25) is 0 Å². The van der Waals surface area contributed by atoms with E-state index in [0.717, 1.165) is 16.5 Å². The van der Waals surface area contributed by atoms with Gasteiger partial charge in [0.1, 0.15) is 0 Å². The summed E-state index contributed by atoms with van der Waals surface area (Å²) in [5.74, 6) is 0.183. The summed E-state index contributed by atoms with van der Waals surface area (Å²) < 4.78 is 0.902. The quantitative estimate of drug-likeness (QED) is 0.792. The molecule has 4 heteroatoms. The highest BCUT2D eigenvalue weighted by atomic mass is 79.9. The molecule has 15 heavy (non-hydrogen) atoms. The number of hydrogen-bond donors (Lipinski definition) is 0. The van der Waals surface area contributed by atoms with Gasteiger partial charge in [-0.2, -0.15) is 11.3 Å². The zero-order valence-electron chi connectivity index (χ0n) is 9.50. The summed E-state index contributed by atoms with van der Waals surface area (Å²) in [7, 11) is 3.89. The number of halogens is 1. The van der Waals surface area contributed by atoms with Crippen molar-refractivity contribution in [3.05, 3.63) is 20.8 Å². The van der Waals surface area contributed by atoms with E-state index in [1.54, 1.807) is 11.3 Å². The zero-order chi connectivity index (χ0) is 11.6. The number of thiophene rings is 1. The Bertz CT molecular complexity index is 361. The van der Waals surface area contributed by atoms with Crippen molar-refractivity contribution in [1.29, 1.82) is 0 Å². The fourth-order valence-corrected chi connectivity index (χ4v) is 2.87. The van der Waals surface area contributed by atoms with Crippen molar-refractivity contribution in [2.45, 2.75) is 25.8 Å². The summed E-state index contributed by atoms with van der Waals surface area (Å²) in [5, 5.41) is 3.85. The van der Waals surface area contributed by atoms with Gasteiger partial charge in [-0.25, -0.2) is 0 Å². The molecule has 0 aromatic carbocycles. The Labute approximate surface area is 103 Å². The third-order valence-electron chi connectivity index (χ3n) is 3.02. The van der Waals surface area contributed by atoms with Crippen LogP contribution in [-0.2, 0) is 0 Å². The number of ketones is 1. The fourth-order valence-electron chi connectivity index (χ4n) is 1.41. The lowest BCUT2D eigenvalue weighted by molar-refractivity contribution is 0.0710. The Balaban J connectivity index is 3.08. The number of nitrogens with zero attached hydrogens (tertiary/aromatic N) is 1. The topological polar surface area (TPSA) is 20.3 Å². The molecule has 0 amide bonds. The largest absolute Gasteiger partial charge is 0.297 e. The van der Waals surface area contributed by atoms with Gasteiger partial charge < -0.3 is 0 Å². The molecule has 0 fully saturated rings. The molecule has 0 spiro atoms. The number of carbonyl (C=O) groups is 1. The summed E-state index contributed by atoms with van der Waals surface area (Å²) in [6.07, 6.45) is 0.807. The molecular formula is C11H16BrNOS. The summed E-state index contributed by atoms with van der Waals surface area (Å²) in [6.45, 7) is 4.03. The molecule has 0 bridgehead atoms. The van der Waals surface area contributed by atoms with E-state index in [-0.39, 0.29) is 5.78 Å². The van der Waals surface area contributed by atoms with Gasteiger partial charge in [0.2, 0.25) is 0 Å². The minimum atomic E-state index is -0.413. The maximum Gasteiger partial charge on any atom is 0.184 e. The van der Waals surface area contributed by atoms with Gasteiger partial charge >= 0.3 is 0 Å². The van der Waals surface area contributed by atoms with Crippen LogP contribution >= 0.6 is 27.3 Å². The zero-order valence-corrected chi connectivity index (χ0v) is 11.9. The van der Waals surface area contributed by atoms with Gasteiger partial charge in [-0.05, 0) is 43.4 Å². The first kappa shape index (κ1) is 12.9. The molecule has 1 aromatic heterocycles. The van der Waals surface area contributed by atoms with Gasteiger partial charge in [0.05, 0.1) is 5.54 Å². The second-order valence-electron chi connectivity index (χ2n) is 3.98. The molecule has 0 aliphatic heterocycles. The molecule has 0 saturated heterocycles. The monoisotopic (exact) mass is 289 g/mol. The molecule has 0 radical (unpaired) electrons. The molecule has 0 aliphatic carbocycles. The third-order valence-corrected chi connectivity index (χ3v) is 4.73. The average molecular weight is 290 g/mol. The molecule has 0 saturated carbocycles. The number of likely N-dealkylation sites (N-methyl/N-ethyl adjacent to an activating group) is 1. The van der Waals surface area contributed by atoms with Gasteiger partial charge in [-0.15, -0.1) is 0 Å². The highest BCUT2D eigenvalue weighted by molar-refractivity contribution is 9.10. The number of rotatable bonds is 4. The first-order chi connectivity index (χ1) is 6.93. The Hall–Kier alpha value is -0.190. The molecular weight excluding hydrogens is 274 g/mol. The first-order valence-electron chi connectivity index (χ1n) is 4.87. The molecule has 1 aromatic rings.